The molecular formula is C15H25N3. The second-order valence-corrected chi connectivity index (χ2v) is 5.22. The van der Waals surface area contributed by atoms with Gasteiger partial charge in [-0.05, 0) is 44.5 Å². The molecule has 1 heterocycles. The Balaban J connectivity index is 1.80. The summed E-state index contributed by atoms with van der Waals surface area (Å²) < 4.78 is 0. The van der Waals surface area contributed by atoms with Gasteiger partial charge < -0.3 is 16.0 Å². The maximum absolute atomic E-state index is 5.99. The summed E-state index contributed by atoms with van der Waals surface area (Å²) in [5, 5.41) is 3.48. The lowest BCUT2D eigenvalue weighted by Crippen LogP contribution is -2.30. The summed E-state index contributed by atoms with van der Waals surface area (Å²) in [6.07, 6.45) is 5.50. The third-order valence-electron chi connectivity index (χ3n) is 3.73. The lowest BCUT2D eigenvalue weighted by atomic mass is 10.1. The zero-order valence-corrected chi connectivity index (χ0v) is 11.4. The Morgan fingerprint density at radius 3 is 2.56 bits per heavy atom. The number of nitrogens with one attached hydrogen (secondary N) is 1. The number of likely N-dealkylation sites (tertiary alicyclic amines) is 1. The molecular weight excluding hydrogens is 222 g/mol. The average molecular weight is 247 g/mol. The van der Waals surface area contributed by atoms with Gasteiger partial charge in [0.15, 0.2) is 0 Å². The van der Waals surface area contributed by atoms with Crippen molar-refractivity contribution in [3.63, 3.8) is 0 Å². The van der Waals surface area contributed by atoms with E-state index in [1.165, 1.54) is 44.3 Å². The first-order valence-corrected chi connectivity index (χ1v) is 7.08. The van der Waals surface area contributed by atoms with Crippen LogP contribution in [0.5, 0.6) is 0 Å². The predicted octanol–water partition coefficient (Wildman–Crippen LogP) is 2.87. The number of aryl methyl sites for hydroxylation is 1. The normalized spacial score (nSPS) is 17.4. The van der Waals surface area contributed by atoms with Gasteiger partial charge in [-0.2, -0.15) is 0 Å². The van der Waals surface area contributed by atoms with Crippen molar-refractivity contribution in [3.05, 3.63) is 23.8 Å². The molecule has 2 rings (SSSR count). The van der Waals surface area contributed by atoms with E-state index in [9.17, 15) is 0 Å². The van der Waals surface area contributed by atoms with Crippen LogP contribution in [-0.4, -0.2) is 31.1 Å². The quantitative estimate of drug-likeness (QED) is 0.804. The molecule has 1 aromatic carbocycles. The number of benzene rings is 1. The van der Waals surface area contributed by atoms with Gasteiger partial charge in [-0.25, -0.2) is 0 Å². The van der Waals surface area contributed by atoms with Gasteiger partial charge in [-0.3, -0.25) is 0 Å². The third-order valence-corrected chi connectivity index (χ3v) is 3.73. The van der Waals surface area contributed by atoms with Crippen LogP contribution in [0.2, 0.25) is 0 Å². The summed E-state index contributed by atoms with van der Waals surface area (Å²) in [6.45, 7) is 6.71. The minimum Gasteiger partial charge on any atom is -0.397 e. The molecule has 0 saturated carbocycles. The second kappa shape index (κ2) is 6.64. The molecule has 3 nitrogen and oxygen atoms in total. The average Bonchev–Trinajstić information content (AvgIpc) is 2.61. The summed E-state index contributed by atoms with van der Waals surface area (Å²) in [7, 11) is 0. The van der Waals surface area contributed by atoms with Crippen LogP contribution in [0.1, 0.15) is 31.2 Å². The van der Waals surface area contributed by atoms with Gasteiger partial charge in [0, 0.05) is 13.1 Å². The minimum atomic E-state index is 0.853. The van der Waals surface area contributed by atoms with E-state index in [4.69, 9.17) is 5.73 Å². The molecule has 0 bridgehead atoms. The molecule has 0 radical (unpaired) electrons. The number of para-hydroxylation sites is 1. The molecule has 0 spiro atoms. The molecule has 1 fully saturated rings. The molecule has 0 atom stereocenters. The van der Waals surface area contributed by atoms with Crippen LogP contribution in [0.3, 0.4) is 0 Å². The first-order valence-electron chi connectivity index (χ1n) is 7.08. The Bertz CT molecular complexity index is 348. The smallest absolute Gasteiger partial charge is 0.0604 e. The molecule has 0 aromatic heterocycles. The van der Waals surface area contributed by atoms with E-state index in [1.807, 2.05) is 12.1 Å². The van der Waals surface area contributed by atoms with Gasteiger partial charge in [0.05, 0.1) is 11.4 Å². The van der Waals surface area contributed by atoms with E-state index < -0.39 is 0 Å². The molecule has 0 unspecified atom stereocenters. The Kier molecular flexibility index (Phi) is 4.88. The number of nitrogens with two attached hydrogens (primary N) is 1. The van der Waals surface area contributed by atoms with Gasteiger partial charge in [-0.1, -0.05) is 25.0 Å². The number of anilines is 2. The van der Waals surface area contributed by atoms with Gasteiger partial charge in [0.2, 0.25) is 0 Å². The van der Waals surface area contributed by atoms with Crippen molar-refractivity contribution in [2.75, 3.05) is 37.2 Å². The van der Waals surface area contributed by atoms with Crippen molar-refractivity contribution in [2.45, 2.75) is 32.6 Å². The van der Waals surface area contributed by atoms with Gasteiger partial charge in [-0.15, -0.1) is 0 Å². The highest BCUT2D eigenvalue weighted by Gasteiger charge is 2.08. The zero-order chi connectivity index (χ0) is 12.8. The minimum absolute atomic E-state index is 0.853. The van der Waals surface area contributed by atoms with E-state index in [0.717, 1.165) is 24.5 Å². The molecule has 100 valence electrons. The molecule has 1 aliphatic heterocycles. The van der Waals surface area contributed by atoms with Crippen molar-refractivity contribution in [3.8, 4) is 0 Å². The fourth-order valence-electron chi connectivity index (χ4n) is 2.63. The third kappa shape index (κ3) is 3.64. The maximum atomic E-state index is 5.99. The maximum Gasteiger partial charge on any atom is 0.0604 e. The number of hydrogen-bond acceptors (Lipinski definition) is 3. The largest absolute Gasteiger partial charge is 0.397 e. The summed E-state index contributed by atoms with van der Waals surface area (Å²) in [5.74, 6) is 0. The van der Waals surface area contributed by atoms with E-state index in [2.05, 4.69) is 23.2 Å². The van der Waals surface area contributed by atoms with Crippen LogP contribution in [0, 0.1) is 6.92 Å². The van der Waals surface area contributed by atoms with Crippen molar-refractivity contribution in [1.82, 2.24) is 4.90 Å². The molecule has 0 aliphatic carbocycles. The lowest BCUT2D eigenvalue weighted by molar-refractivity contribution is 0.296. The van der Waals surface area contributed by atoms with Crippen LogP contribution < -0.4 is 11.1 Å². The first-order chi connectivity index (χ1) is 8.77. The van der Waals surface area contributed by atoms with Crippen LogP contribution in [0.25, 0.3) is 0 Å². The SMILES string of the molecule is Cc1cccc(N)c1NCCN1CCCCCC1. The standard InChI is InChI=1S/C15H25N3/c1-13-7-6-8-14(16)15(13)17-9-12-18-10-4-2-3-5-11-18/h6-8,17H,2-5,9-12,16H2,1H3. The molecule has 1 saturated heterocycles. The molecule has 0 amide bonds. The van der Waals surface area contributed by atoms with Crippen LogP contribution >= 0.6 is 0 Å². The molecule has 1 aliphatic rings. The fourth-order valence-corrected chi connectivity index (χ4v) is 2.63. The number of nitrogens with zero attached hydrogens (tertiary/aromatic N) is 1. The lowest BCUT2D eigenvalue weighted by Gasteiger charge is -2.21. The van der Waals surface area contributed by atoms with Crippen molar-refractivity contribution < 1.29 is 0 Å². The Morgan fingerprint density at radius 1 is 1.17 bits per heavy atom. The van der Waals surface area contributed by atoms with E-state index in [0.29, 0.717) is 0 Å². The summed E-state index contributed by atoms with van der Waals surface area (Å²) in [5.41, 5.74) is 9.17. The number of hydrogen-bond donors (Lipinski definition) is 2. The Labute approximate surface area is 110 Å². The second-order valence-electron chi connectivity index (χ2n) is 5.22. The molecule has 3 N–H and O–H groups in total. The topological polar surface area (TPSA) is 41.3 Å². The Morgan fingerprint density at radius 2 is 1.89 bits per heavy atom. The summed E-state index contributed by atoms with van der Waals surface area (Å²) in [6, 6.07) is 6.07. The first kappa shape index (κ1) is 13.2. The molecule has 18 heavy (non-hydrogen) atoms. The van der Waals surface area contributed by atoms with Crippen LogP contribution in [0.15, 0.2) is 18.2 Å². The highest BCUT2D eigenvalue weighted by atomic mass is 15.1. The Hall–Kier alpha value is -1.22. The zero-order valence-electron chi connectivity index (χ0n) is 11.4. The highest BCUT2D eigenvalue weighted by molar-refractivity contribution is 5.69. The van der Waals surface area contributed by atoms with Crippen molar-refractivity contribution >= 4 is 11.4 Å². The highest BCUT2D eigenvalue weighted by Crippen LogP contribution is 2.22. The van der Waals surface area contributed by atoms with Crippen LogP contribution in [-0.2, 0) is 0 Å². The number of nitrogen functional groups attached to an aromatic ring is 1. The van der Waals surface area contributed by atoms with E-state index in [-0.39, 0.29) is 0 Å². The van der Waals surface area contributed by atoms with Crippen molar-refractivity contribution in [2.24, 2.45) is 0 Å². The van der Waals surface area contributed by atoms with E-state index in [1.54, 1.807) is 0 Å². The summed E-state index contributed by atoms with van der Waals surface area (Å²) in [4.78, 5) is 2.56. The monoisotopic (exact) mass is 247 g/mol. The number of rotatable bonds is 4. The molecule has 1 aromatic rings. The van der Waals surface area contributed by atoms with E-state index >= 15 is 0 Å². The van der Waals surface area contributed by atoms with Gasteiger partial charge in [0.25, 0.3) is 0 Å². The molecule has 3 heteroatoms. The van der Waals surface area contributed by atoms with Gasteiger partial charge in [0.1, 0.15) is 0 Å². The fraction of sp³-hybridized carbons (Fsp3) is 0.600. The van der Waals surface area contributed by atoms with Gasteiger partial charge >= 0.3 is 0 Å². The van der Waals surface area contributed by atoms with Crippen LogP contribution in [0.4, 0.5) is 11.4 Å². The predicted molar refractivity (Wildman–Crippen MR) is 79.0 cm³/mol. The summed E-state index contributed by atoms with van der Waals surface area (Å²) >= 11 is 0. The van der Waals surface area contributed by atoms with Crippen molar-refractivity contribution in [1.29, 1.82) is 0 Å².